The summed E-state index contributed by atoms with van der Waals surface area (Å²) < 4.78 is 23.6. The average Bonchev–Trinajstić information content (AvgIpc) is 2.49. The van der Waals surface area contributed by atoms with E-state index < -0.39 is 0 Å². The minimum Gasteiger partial charge on any atom is -0.495 e. The molecule has 0 bridgehead atoms. The summed E-state index contributed by atoms with van der Waals surface area (Å²) in [4.78, 5) is 12.5. The van der Waals surface area contributed by atoms with E-state index in [9.17, 15) is 9.18 Å². The molecule has 0 aromatic heterocycles. The van der Waals surface area contributed by atoms with Crippen LogP contribution >= 0.6 is 11.6 Å². The molecular formula is C16H14ClFO3. The van der Waals surface area contributed by atoms with Crippen molar-refractivity contribution in [3.8, 4) is 11.5 Å². The normalized spacial score (nSPS) is 10.3. The number of hydrogen-bond donors (Lipinski definition) is 0. The number of ether oxygens (including phenoxy) is 2. The fourth-order valence-electron chi connectivity index (χ4n) is 2.02. The van der Waals surface area contributed by atoms with E-state index in [1.54, 1.807) is 19.1 Å². The summed E-state index contributed by atoms with van der Waals surface area (Å²) in [5.74, 6) is 0.00845. The third-order valence-corrected chi connectivity index (χ3v) is 3.51. The van der Waals surface area contributed by atoms with Gasteiger partial charge in [0.05, 0.1) is 19.8 Å². The third-order valence-electron chi connectivity index (χ3n) is 3.15. The standard InChI is InChI=1S/C16H14ClFO3/c1-9-8-10(4-6-12(9)18)15(19)11-5-7-13(20-2)14(17)16(11)21-3/h4-8H,1-3H3. The maximum absolute atomic E-state index is 13.3. The summed E-state index contributed by atoms with van der Waals surface area (Å²) in [7, 11) is 2.90. The molecule has 0 atom stereocenters. The first-order valence-electron chi connectivity index (χ1n) is 6.21. The number of carbonyl (C=O) groups excluding carboxylic acids is 1. The van der Waals surface area contributed by atoms with Crippen LogP contribution in [0, 0.1) is 12.7 Å². The monoisotopic (exact) mass is 308 g/mol. The number of methoxy groups -OCH3 is 2. The van der Waals surface area contributed by atoms with Crippen LogP contribution < -0.4 is 9.47 Å². The number of hydrogen-bond acceptors (Lipinski definition) is 3. The van der Waals surface area contributed by atoms with E-state index in [2.05, 4.69) is 0 Å². The van der Waals surface area contributed by atoms with Crippen LogP contribution in [0.2, 0.25) is 5.02 Å². The molecule has 2 aromatic rings. The van der Waals surface area contributed by atoms with Gasteiger partial charge in [0.15, 0.2) is 11.5 Å². The number of benzene rings is 2. The fourth-order valence-corrected chi connectivity index (χ4v) is 2.33. The van der Waals surface area contributed by atoms with Gasteiger partial charge in [0.25, 0.3) is 0 Å². The summed E-state index contributed by atoms with van der Waals surface area (Å²) in [5, 5.41) is 0.227. The summed E-state index contributed by atoms with van der Waals surface area (Å²) in [6.45, 7) is 1.60. The van der Waals surface area contributed by atoms with Gasteiger partial charge in [0.2, 0.25) is 0 Å². The average molecular weight is 309 g/mol. The summed E-state index contributed by atoms with van der Waals surface area (Å²) in [6, 6.07) is 7.36. The highest BCUT2D eigenvalue weighted by molar-refractivity contribution is 6.34. The van der Waals surface area contributed by atoms with Gasteiger partial charge in [-0.25, -0.2) is 4.39 Å². The van der Waals surface area contributed by atoms with Gasteiger partial charge in [-0.1, -0.05) is 11.6 Å². The van der Waals surface area contributed by atoms with Crippen LogP contribution in [-0.2, 0) is 0 Å². The molecule has 21 heavy (non-hydrogen) atoms. The Balaban J connectivity index is 2.52. The number of halogens is 2. The molecule has 0 unspecified atom stereocenters. The topological polar surface area (TPSA) is 35.5 Å². The smallest absolute Gasteiger partial charge is 0.196 e. The van der Waals surface area contributed by atoms with E-state index in [1.807, 2.05) is 0 Å². The lowest BCUT2D eigenvalue weighted by molar-refractivity contribution is 0.103. The molecule has 0 amide bonds. The van der Waals surface area contributed by atoms with E-state index in [4.69, 9.17) is 21.1 Å². The number of aryl methyl sites for hydroxylation is 1. The van der Waals surface area contributed by atoms with Crippen molar-refractivity contribution in [2.45, 2.75) is 6.92 Å². The zero-order chi connectivity index (χ0) is 15.6. The van der Waals surface area contributed by atoms with E-state index in [1.165, 1.54) is 32.4 Å². The van der Waals surface area contributed by atoms with E-state index in [0.29, 0.717) is 22.4 Å². The molecule has 0 radical (unpaired) electrons. The Hall–Kier alpha value is -2.07. The van der Waals surface area contributed by atoms with Gasteiger partial charge in [-0.2, -0.15) is 0 Å². The number of carbonyl (C=O) groups is 1. The number of rotatable bonds is 4. The summed E-state index contributed by atoms with van der Waals surface area (Å²) >= 11 is 6.14. The molecule has 2 aromatic carbocycles. The predicted octanol–water partition coefficient (Wildman–Crippen LogP) is 4.04. The Labute approximate surface area is 127 Å². The van der Waals surface area contributed by atoms with E-state index >= 15 is 0 Å². The van der Waals surface area contributed by atoms with Crippen LogP contribution in [-0.4, -0.2) is 20.0 Å². The largest absolute Gasteiger partial charge is 0.495 e. The van der Waals surface area contributed by atoms with Gasteiger partial charge < -0.3 is 9.47 Å². The molecule has 3 nitrogen and oxygen atoms in total. The highest BCUT2D eigenvalue weighted by atomic mass is 35.5. The number of ketones is 1. The molecule has 2 rings (SSSR count). The lowest BCUT2D eigenvalue weighted by Gasteiger charge is -2.12. The molecule has 0 N–H and O–H groups in total. The molecule has 0 aliphatic heterocycles. The van der Waals surface area contributed by atoms with Crippen LogP contribution in [0.15, 0.2) is 30.3 Å². The lowest BCUT2D eigenvalue weighted by Crippen LogP contribution is -2.05. The molecule has 0 spiro atoms. The minimum absolute atomic E-state index is 0.227. The minimum atomic E-state index is -0.355. The highest BCUT2D eigenvalue weighted by Gasteiger charge is 2.20. The zero-order valence-corrected chi connectivity index (χ0v) is 12.6. The zero-order valence-electron chi connectivity index (χ0n) is 11.9. The molecular weight excluding hydrogens is 295 g/mol. The van der Waals surface area contributed by atoms with Gasteiger partial charge in [-0.05, 0) is 42.8 Å². The van der Waals surface area contributed by atoms with Crippen LogP contribution in [0.25, 0.3) is 0 Å². The van der Waals surface area contributed by atoms with Crippen molar-refractivity contribution >= 4 is 17.4 Å². The van der Waals surface area contributed by atoms with Gasteiger partial charge >= 0.3 is 0 Å². The van der Waals surface area contributed by atoms with Crippen molar-refractivity contribution in [1.29, 1.82) is 0 Å². The van der Waals surface area contributed by atoms with Crippen molar-refractivity contribution < 1.29 is 18.7 Å². The lowest BCUT2D eigenvalue weighted by atomic mass is 10.0. The first kappa shape index (κ1) is 15.3. The van der Waals surface area contributed by atoms with Crippen molar-refractivity contribution in [1.82, 2.24) is 0 Å². The SMILES string of the molecule is COc1ccc(C(=O)c2ccc(F)c(C)c2)c(OC)c1Cl. The Bertz CT molecular complexity index is 698. The van der Waals surface area contributed by atoms with Crippen LogP contribution in [0.3, 0.4) is 0 Å². The second-order valence-electron chi connectivity index (χ2n) is 4.46. The first-order valence-corrected chi connectivity index (χ1v) is 6.58. The third kappa shape index (κ3) is 2.85. The quantitative estimate of drug-likeness (QED) is 0.800. The second kappa shape index (κ2) is 6.14. The van der Waals surface area contributed by atoms with Crippen LogP contribution in [0.1, 0.15) is 21.5 Å². The summed E-state index contributed by atoms with van der Waals surface area (Å²) in [5.41, 5.74) is 1.07. The highest BCUT2D eigenvalue weighted by Crippen LogP contribution is 2.37. The van der Waals surface area contributed by atoms with E-state index in [0.717, 1.165) is 0 Å². The van der Waals surface area contributed by atoms with Gasteiger partial charge in [0, 0.05) is 5.56 Å². The van der Waals surface area contributed by atoms with Crippen molar-refractivity contribution in [2.75, 3.05) is 14.2 Å². The molecule has 0 fully saturated rings. The Morgan fingerprint density at radius 1 is 1.14 bits per heavy atom. The van der Waals surface area contributed by atoms with E-state index in [-0.39, 0.29) is 22.4 Å². The molecule has 0 heterocycles. The predicted molar refractivity (Wildman–Crippen MR) is 79.1 cm³/mol. The maximum atomic E-state index is 13.3. The van der Waals surface area contributed by atoms with Crippen LogP contribution in [0.5, 0.6) is 11.5 Å². The first-order chi connectivity index (χ1) is 9.99. The van der Waals surface area contributed by atoms with Crippen LogP contribution in [0.4, 0.5) is 4.39 Å². The Kier molecular flexibility index (Phi) is 4.48. The molecule has 0 saturated carbocycles. The Morgan fingerprint density at radius 3 is 2.43 bits per heavy atom. The maximum Gasteiger partial charge on any atom is 0.196 e. The fraction of sp³-hybridized carbons (Fsp3) is 0.188. The van der Waals surface area contributed by atoms with Gasteiger partial charge in [-0.3, -0.25) is 4.79 Å². The summed E-state index contributed by atoms with van der Waals surface area (Å²) in [6.07, 6.45) is 0. The van der Waals surface area contributed by atoms with Crippen molar-refractivity contribution in [3.63, 3.8) is 0 Å². The molecule has 110 valence electrons. The van der Waals surface area contributed by atoms with Gasteiger partial charge in [0.1, 0.15) is 16.6 Å². The molecule has 0 aliphatic rings. The Morgan fingerprint density at radius 2 is 1.86 bits per heavy atom. The molecule has 5 heteroatoms. The van der Waals surface area contributed by atoms with Crippen molar-refractivity contribution in [3.05, 3.63) is 57.9 Å². The molecule has 0 saturated heterocycles. The van der Waals surface area contributed by atoms with Gasteiger partial charge in [-0.15, -0.1) is 0 Å². The molecule has 0 aliphatic carbocycles. The van der Waals surface area contributed by atoms with Crippen molar-refractivity contribution in [2.24, 2.45) is 0 Å². The second-order valence-corrected chi connectivity index (χ2v) is 4.83.